The van der Waals surface area contributed by atoms with Gasteiger partial charge in [-0.05, 0) is 31.5 Å². The molecule has 0 bridgehead atoms. The SMILES string of the molecule is COC(=O)/C(C)=C/CN[C@H](C)c1ccncc1. The van der Waals surface area contributed by atoms with E-state index >= 15 is 0 Å². The van der Waals surface area contributed by atoms with E-state index in [9.17, 15) is 4.79 Å². The summed E-state index contributed by atoms with van der Waals surface area (Å²) in [6.07, 6.45) is 5.36. The summed E-state index contributed by atoms with van der Waals surface area (Å²) < 4.78 is 4.61. The lowest BCUT2D eigenvalue weighted by Gasteiger charge is -2.12. The number of nitrogens with zero attached hydrogens (tertiary/aromatic N) is 1. The second-order valence-electron chi connectivity index (χ2n) is 3.79. The van der Waals surface area contributed by atoms with Crippen molar-refractivity contribution in [2.75, 3.05) is 13.7 Å². The van der Waals surface area contributed by atoms with Crippen molar-refractivity contribution in [1.29, 1.82) is 0 Å². The van der Waals surface area contributed by atoms with Gasteiger partial charge in [0.15, 0.2) is 0 Å². The molecule has 0 saturated heterocycles. The van der Waals surface area contributed by atoms with E-state index in [-0.39, 0.29) is 12.0 Å². The third-order valence-corrected chi connectivity index (χ3v) is 2.55. The van der Waals surface area contributed by atoms with E-state index in [4.69, 9.17) is 0 Å². The highest BCUT2D eigenvalue weighted by Crippen LogP contribution is 2.09. The van der Waals surface area contributed by atoms with Gasteiger partial charge in [0.05, 0.1) is 7.11 Å². The summed E-state index contributed by atoms with van der Waals surface area (Å²) in [5, 5.41) is 3.30. The first kappa shape index (κ1) is 13.4. The van der Waals surface area contributed by atoms with Gasteiger partial charge in [0.25, 0.3) is 0 Å². The number of carbonyl (C=O) groups excluding carboxylic acids is 1. The van der Waals surface area contributed by atoms with Crippen LogP contribution in [0.1, 0.15) is 25.5 Å². The molecule has 1 atom stereocenters. The smallest absolute Gasteiger partial charge is 0.333 e. The molecule has 0 saturated carbocycles. The van der Waals surface area contributed by atoms with Crippen LogP contribution in [0.5, 0.6) is 0 Å². The zero-order valence-corrected chi connectivity index (χ0v) is 10.4. The maximum Gasteiger partial charge on any atom is 0.333 e. The highest BCUT2D eigenvalue weighted by atomic mass is 16.5. The topological polar surface area (TPSA) is 51.2 Å². The van der Waals surface area contributed by atoms with Crippen molar-refractivity contribution in [2.24, 2.45) is 0 Å². The number of nitrogens with one attached hydrogen (secondary N) is 1. The maximum absolute atomic E-state index is 11.1. The average Bonchev–Trinajstić information content (AvgIpc) is 2.38. The molecule has 92 valence electrons. The number of carbonyl (C=O) groups is 1. The number of aromatic nitrogens is 1. The van der Waals surface area contributed by atoms with Gasteiger partial charge >= 0.3 is 5.97 Å². The zero-order chi connectivity index (χ0) is 12.7. The molecule has 1 N–H and O–H groups in total. The Kier molecular flexibility index (Phi) is 5.36. The summed E-state index contributed by atoms with van der Waals surface area (Å²) in [6, 6.07) is 4.16. The van der Waals surface area contributed by atoms with Crippen LogP contribution in [-0.2, 0) is 9.53 Å². The van der Waals surface area contributed by atoms with E-state index in [2.05, 4.69) is 22.0 Å². The van der Waals surface area contributed by atoms with E-state index in [0.717, 1.165) is 0 Å². The molecule has 0 aliphatic heterocycles. The van der Waals surface area contributed by atoms with Crippen molar-refractivity contribution >= 4 is 5.97 Å². The second kappa shape index (κ2) is 6.81. The maximum atomic E-state index is 11.1. The first-order valence-electron chi connectivity index (χ1n) is 5.53. The number of ether oxygens (including phenoxy) is 1. The Morgan fingerprint density at radius 1 is 1.53 bits per heavy atom. The van der Waals surface area contributed by atoms with Gasteiger partial charge in [-0.2, -0.15) is 0 Å². The Labute approximate surface area is 102 Å². The Hall–Kier alpha value is -1.68. The minimum Gasteiger partial charge on any atom is -0.466 e. The summed E-state index contributed by atoms with van der Waals surface area (Å²) in [7, 11) is 1.38. The van der Waals surface area contributed by atoms with Crippen LogP contribution in [0, 0.1) is 0 Å². The molecule has 0 aliphatic carbocycles. The number of pyridine rings is 1. The van der Waals surface area contributed by atoms with Crippen LogP contribution in [0.25, 0.3) is 0 Å². The van der Waals surface area contributed by atoms with Crippen LogP contribution in [0.2, 0.25) is 0 Å². The monoisotopic (exact) mass is 234 g/mol. The van der Waals surface area contributed by atoms with E-state index < -0.39 is 0 Å². The third kappa shape index (κ3) is 4.36. The molecular weight excluding hydrogens is 216 g/mol. The van der Waals surface area contributed by atoms with Crippen LogP contribution in [0.4, 0.5) is 0 Å². The van der Waals surface area contributed by atoms with Gasteiger partial charge in [-0.25, -0.2) is 4.79 Å². The van der Waals surface area contributed by atoms with Gasteiger partial charge in [-0.15, -0.1) is 0 Å². The fourth-order valence-electron chi connectivity index (χ4n) is 1.40. The number of rotatable bonds is 5. The number of esters is 1. The molecule has 0 spiro atoms. The molecule has 0 radical (unpaired) electrons. The average molecular weight is 234 g/mol. The molecule has 0 unspecified atom stereocenters. The minimum atomic E-state index is -0.289. The van der Waals surface area contributed by atoms with Crippen molar-refractivity contribution in [2.45, 2.75) is 19.9 Å². The van der Waals surface area contributed by atoms with Crippen molar-refractivity contribution < 1.29 is 9.53 Å². The molecule has 4 heteroatoms. The minimum absolute atomic E-state index is 0.222. The number of hydrogen-bond acceptors (Lipinski definition) is 4. The Morgan fingerprint density at radius 2 is 2.18 bits per heavy atom. The van der Waals surface area contributed by atoms with Crippen molar-refractivity contribution in [3.8, 4) is 0 Å². The summed E-state index contributed by atoms with van der Waals surface area (Å²) >= 11 is 0. The summed E-state index contributed by atoms with van der Waals surface area (Å²) in [6.45, 7) is 4.44. The quantitative estimate of drug-likeness (QED) is 0.624. The van der Waals surface area contributed by atoms with E-state index in [1.54, 1.807) is 19.3 Å². The lowest BCUT2D eigenvalue weighted by molar-refractivity contribution is -0.136. The first-order chi connectivity index (χ1) is 8.15. The normalized spacial score (nSPS) is 13.2. The van der Waals surface area contributed by atoms with Gasteiger partial charge in [-0.1, -0.05) is 6.08 Å². The second-order valence-corrected chi connectivity index (χ2v) is 3.79. The van der Waals surface area contributed by atoms with Crippen molar-refractivity contribution in [3.63, 3.8) is 0 Å². The van der Waals surface area contributed by atoms with Crippen LogP contribution in [0.15, 0.2) is 36.2 Å². The van der Waals surface area contributed by atoms with Gasteiger partial charge in [0.1, 0.15) is 0 Å². The molecule has 0 amide bonds. The number of methoxy groups -OCH3 is 1. The molecule has 1 aromatic heterocycles. The fourth-order valence-corrected chi connectivity index (χ4v) is 1.40. The predicted octanol–water partition coefficient (Wildman–Crippen LogP) is 1.85. The highest BCUT2D eigenvalue weighted by molar-refractivity contribution is 5.87. The molecule has 1 aromatic rings. The molecule has 1 heterocycles. The fraction of sp³-hybridized carbons (Fsp3) is 0.385. The molecule has 0 aromatic carbocycles. The van der Waals surface area contributed by atoms with Gasteiger partial charge < -0.3 is 10.1 Å². The van der Waals surface area contributed by atoms with E-state index in [1.807, 2.05) is 18.2 Å². The largest absolute Gasteiger partial charge is 0.466 e. The van der Waals surface area contributed by atoms with Crippen LogP contribution < -0.4 is 5.32 Å². The molecule has 17 heavy (non-hydrogen) atoms. The Morgan fingerprint density at radius 3 is 2.76 bits per heavy atom. The molecule has 0 aliphatic rings. The zero-order valence-electron chi connectivity index (χ0n) is 10.4. The van der Waals surface area contributed by atoms with Crippen LogP contribution >= 0.6 is 0 Å². The molecular formula is C13H18N2O2. The number of hydrogen-bond donors (Lipinski definition) is 1. The third-order valence-electron chi connectivity index (χ3n) is 2.55. The lowest BCUT2D eigenvalue weighted by Crippen LogP contribution is -2.19. The highest BCUT2D eigenvalue weighted by Gasteiger charge is 2.04. The summed E-state index contributed by atoms with van der Waals surface area (Å²) in [5.74, 6) is -0.289. The molecule has 0 fully saturated rings. The Bertz CT molecular complexity index is 388. The van der Waals surface area contributed by atoms with Crippen molar-refractivity contribution in [1.82, 2.24) is 10.3 Å². The molecule has 1 rings (SSSR count). The standard InChI is InChI=1S/C13H18N2O2/c1-10(13(16)17-3)4-9-15-11(2)12-5-7-14-8-6-12/h4-8,11,15H,9H2,1-3H3/b10-4+/t11-/m1/s1. The van der Waals surface area contributed by atoms with E-state index in [0.29, 0.717) is 12.1 Å². The summed E-state index contributed by atoms with van der Waals surface area (Å²) in [5.41, 5.74) is 1.78. The van der Waals surface area contributed by atoms with Crippen LogP contribution in [0.3, 0.4) is 0 Å². The van der Waals surface area contributed by atoms with Crippen molar-refractivity contribution in [3.05, 3.63) is 41.7 Å². The van der Waals surface area contributed by atoms with Gasteiger partial charge in [-0.3, -0.25) is 4.98 Å². The van der Waals surface area contributed by atoms with Crippen LogP contribution in [-0.4, -0.2) is 24.6 Å². The molecule has 4 nitrogen and oxygen atoms in total. The van der Waals surface area contributed by atoms with Gasteiger partial charge in [0.2, 0.25) is 0 Å². The lowest BCUT2D eigenvalue weighted by atomic mass is 10.1. The van der Waals surface area contributed by atoms with E-state index in [1.165, 1.54) is 12.7 Å². The Balaban J connectivity index is 2.44. The first-order valence-corrected chi connectivity index (χ1v) is 5.53. The predicted molar refractivity (Wildman–Crippen MR) is 66.4 cm³/mol. The summed E-state index contributed by atoms with van der Waals surface area (Å²) in [4.78, 5) is 15.1. The van der Waals surface area contributed by atoms with Gasteiger partial charge in [0, 0.05) is 30.6 Å².